The van der Waals surface area contributed by atoms with Crippen LogP contribution in [-0.4, -0.2) is 18.8 Å². The second-order valence-electron chi connectivity index (χ2n) is 9.69. The molecule has 1 aliphatic rings. The molecule has 3 heteroatoms. The maximum absolute atomic E-state index is 9.25. The van der Waals surface area contributed by atoms with Gasteiger partial charge in [0.15, 0.2) is 0 Å². The monoisotopic (exact) mass is 462 g/mol. The molecule has 2 aromatic carbocycles. The summed E-state index contributed by atoms with van der Waals surface area (Å²) in [6, 6.07) is 14.6. The van der Waals surface area contributed by atoms with E-state index in [0.29, 0.717) is 23.0 Å². The first-order valence-corrected chi connectivity index (χ1v) is 13.0. The maximum atomic E-state index is 9.25. The fourth-order valence-electron chi connectivity index (χ4n) is 5.03. The number of hydrogen-bond acceptors (Lipinski definition) is 3. The summed E-state index contributed by atoms with van der Waals surface area (Å²) in [6.45, 7) is 9.72. The van der Waals surface area contributed by atoms with E-state index in [9.17, 15) is 5.11 Å². The summed E-state index contributed by atoms with van der Waals surface area (Å²) in [5.41, 5.74) is 3.98. The summed E-state index contributed by atoms with van der Waals surface area (Å²) in [6.07, 6.45) is 13.7. The molecule has 0 saturated heterocycles. The number of benzene rings is 2. The summed E-state index contributed by atoms with van der Waals surface area (Å²) in [4.78, 5) is 0. The molecule has 1 N–H and O–H groups in total. The average molecular weight is 463 g/mol. The Bertz CT molecular complexity index is 920. The van der Waals surface area contributed by atoms with Crippen LogP contribution in [0.3, 0.4) is 0 Å². The summed E-state index contributed by atoms with van der Waals surface area (Å²) in [7, 11) is 1.68. The molecule has 0 radical (unpaired) electrons. The Kier molecular flexibility index (Phi) is 10.3. The molecule has 1 saturated carbocycles. The molecule has 1 fully saturated rings. The molecule has 0 spiro atoms. The van der Waals surface area contributed by atoms with E-state index in [2.05, 4.69) is 44.3 Å². The zero-order valence-corrected chi connectivity index (χ0v) is 21.2. The lowest BCUT2D eigenvalue weighted by Crippen LogP contribution is -2.13. The standard InChI is InChI=1S/C31H42O3/c1-5-6-7-8-9-10-25-11-13-26(14-12-25)27-15-17-28(18-16-27)30-21-29(19-20-31(30)33-4)34-24(3)23(2)22-32/h15-21,25-26,32H,2-3,5-14,22H2,1,4H3. The third-order valence-electron chi connectivity index (χ3n) is 7.25. The van der Waals surface area contributed by atoms with E-state index in [1.165, 1.54) is 69.8 Å². The first-order valence-electron chi connectivity index (χ1n) is 13.0. The first kappa shape index (κ1) is 26.1. The number of aliphatic hydroxyl groups excluding tert-OH is 1. The summed E-state index contributed by atoms with van der Waals surface area (Å²) >= 11 is 0. The van der Waals surface area contributed by atoms with Crippen molar-refractivity contribution in [3.05, 3.63) is 72.5 Å². The molecule has 0 bridgehead atoms. The molecular formula is C31H42O3. The summed E-state index contributed by atoms with van der Waals surface area (Å²) in [5.74, 6) is 3.42. The van der Waals surface area contributed by atoms with Crippen LogP contribution in [0, 0.1) is 5.92 Å². The largest absolute Gasteiger partial charge is 0.496 e. The van der Waals surface area contributed by atoms with Crippen LogP contribution in [0.15, 0.2) is 67.0 Å². The second-order valence-corrected chi connectivity index (χ2v) is 9.69. The molecule has 0 aliphatic heterocycles. The highest BCUT2D eigenvalue weighted by Crippen LogP contribution is 2.39. The van der Waals surface area contributed by atoms with Crippen molar-refractivity contribution in [1.29, 1.82) is 0 Å². The van der Waals surface area contributed by atoms with Gasteiger partial charge in [0, 0.05) is 11.1 Å². The van der Waals surface area contributed by atoms with Crippen molar-refractivity contribution in [2.75, 3.05) is 13.7 Å². The van der Waals surface area contributed by atoms with Gasteiger partial charge < -0.3 is 14.6 Å². The number of rotatable bonds is 13. The van der Waals surface area contributed by atoms with Crippen LogP contribution < -0.4 is 9.47 Å². The normalized spacial score (nSPS) is 17.9. The van der Waals surface area contributed by atoms with Crippen LogP contribution in [0.25, 0.3) is 11.1 Å². The minimum Gasteiger partial charge on any atom is -0.496 e. The number of methoxy groups -OCH3 is 1. The lowest BCUT2D eigenvalue weighted by atomic mass is 9.77. The molecule has 3 rings (SSSR count). The molecule has 184 valence electrons. The fourth-order valence-corrected chi connectivity index (χ4v) is 5.03. The van der Waals surface area contributed by atoms with Crippen molar-refractivity contribution >= 4 is 0 Å². The fraction of sp³-hybridized carbons (Fsp3) is 0.484. The van der Waals surface area contributed by atoms with E-state index in [-0.39, 0.29) is 6.61 Å². The van der Waals surface area contributed by atoms with E-state index in [1.54, 1.807) is 7.11 Å². The van der Waals surface area contributed by atoms with E-state index in [4.69, 9.17) is 9.47 Å². The molecule has 0 aromatic heterocycles. The SMILES string of the molecule is C=C(CO)C(=C)Oc1ccc(OC)c(-c2ccc(C3CCC(CCCCCCC)CC3)cc2)c1. The third-order valence-corrected chi connectivity index (χ3v) is 7.25. The molecule has 34 heavy (non-hydrogen) atoms. The Hall–Kier alpha value is -2.52. The lowest BCUT2D eigenvalue weighted by molar-refractivity contribution is 0.302. The van der Waals surface area contributed by atoms with Gasteiger partial charge in [0.05, 0.1) is 13.7 Å². The number of unbranched alkanes of at least 4 members (excludes halogenated alkanes) is 4. The maximum Gasteiger partial charge on any atom is 0.128 e. The lowest BCUT2D eigenvalue weighted by Gasteiger charge is -2.29. The molecular weight excluding hydrogens is 420 g/mol. The van der Waals surface area contributed by atoms with Crippen molar-refractivity contribution in [2.24, 2.45) is 5.92 Å². The van der Waals surface area contributed by atoms with Crippen LogP contribution in [-0.2, 0) is 0 Å². The number of hydrogen-bond donors (Lipinski definition) is 1. The van der Waals surface area contributed by atoms with Gasteiger partial charge in [-0.3, -0.25) is 0 Å². The minimum atomic E-state index is -0.176. The summed E-state index contributed by atoms with van der Waals surface area (Å²) in [5, 5.41) is 9.25. The molecule has 0 unspecified atom stereocenters. The van der Waals surface area contributed by atoms with Gasteiger partial charge in [-0.2, -0.15) is 0 Å². The summed E-state index contributed by atoms with van der Waals surface area (Å²) < 4.78 is 11.4. The smallest absolute Gasteiger partial charge is 0.128 e. The average Bonchev–Trinajstić information content (AvgIpc) is 2.88. The van der Waals surface area contributed by atoms with E-state index >= 15 is 0 Å². The number of aliphatic hydroxyl groups is 1. The van der Waals surface area contributed by atoms with Crippen molar-refractivity contribution in [2.45, 2.75) is 77.0 Å². The Morgan fingerprint density at radius 1 is 0.941 bits per heavy atom. The Morgan fingerprint density at radius 2 is 1.65 bits per heavy atom. The predicted octanol–water partition coefficient (Wildman–Crippen LogP) is 8.44. The zero-order valence-electron chi connectivity index (χ0n) is 21.2. The first-order chi connectivity index (χ1) is 16.5. The van der Waals surface area contributed by atoms with Gasteiger partial charge >= 0.3 is 0 Å². The van der Waals surface area contributed by atoms with Crippen LogP contribution >= 0.6 is 0 Å². The van der Waals surface area contributed by atoms with Crippen LogP contribution in [0.5, 0.6) is 11.5 Å². The van der Waals surface area contributed by atoms with Gasteiger partial charge in [-0.05, 0) is 66.8 Å². The highest BCUT2D eigenvalue weighted by Gasteiger charge is 2.22. The molecule has 2 aromatic rings. The van der Waals surface area contributed by atoms with Gasteiger partial charge in [0.1, 0.15) is 17.3 Å². The molecule has 0 amide bonds. The molecule has 0 heterocycles. The highest BCUT2D eigenvalue weighted by atomic mass is 16.5. The molecule has 1 aliphatic carbocycles. The van der Waals surface area contributed by atoms with Crippen molar-refractivity contribution in [3.8, 4) is 22.6 Å². The third kappa shape index (κ3) is 7.24. The Balaban J connectivity index is 1.60. The van der Waals surface area contributed by atoms with E-state index < -0.39 is 0 Å². The number of ether oxygens (including phenoxy) is 2. The van der Waals surface area contributed by atoms with Gasteiger partial charge in [0.25, 0.3) is 0 Å². The second kappa shape index (κ2) is 13.4. The van der Waals surface area contributed by atoms with Gasteiger partial charge in [0.2, 0.25) is 0 Å². The van der Waals surface area contributed by atoms with Crippen LogP contribution in [0.4, 0.5) is 0 Å². The van der Waals surface area contributed by atoms with Crippen molar-refractivity contribution in [3.63, 3.8) is 0 Å². The van der Waals surface area contributed by atoms with Crippen molar-refractivity contribution < 1.29 is 14.6 Å². The predicted molar refractivity (Wildman–Crippen MR) is 142 cm³/mol. The van der Waals surface area contributed by atoms with Crippen molar-refractivity contribution in [1.82, 2.24) is 0 Å². The molecule has 0 atom stereocenters. The van der Waals surface area contributed by atoms with Gasteiger partial charge in [-0.25, -0.2) is 0 Å². The minimum absolute atomic E-state index is 0.176. The van der Waals surface area contributed by atoms with E-state index in [0.717, 1.165) is 22.8 Å². The highest BCUT2D eigenvalue weighted by molar-refractivity contribution is 5.72. The molecule has 3 nitrogen and oxygen atoms in total. The van der Waals surface area contributed by atoms with Gasteiger partial charge in [-0.1, -0.05) is 82.9 Å². The van der Waals surface area contributed by atoms with Gasteiger partial charge in [-0.15, -0.1) is 0 Å². The zero-order chi connectivity index (χ0) is 24.3. The Labute approximate surface area is 206 Å². The van der Waals surface area contributed by atoms with Crippen LogP contribution in [0.1, 0.15) is 82.6 Å². The quantitative estimate of drug-likeness (QED) is 0.184. The van der Waals surface area contributed by atoms with E-state index in [1.807, 2.05) is 18.2 Å². The Morgan fingerprint density at radius 3 is 2.29 bits per heavy atom. The topological polar surface area (TPSA) is 38.7 Å². The van der Waals surface area contributed by atoms with Crippen LogP contribution in [0.2, 0.25) is 0 Å².